The van der Waals surface area contributed by atoms with Crippen molar-refractivity contribution in [1.29, 1.82) is 5.26 Å². The molecule has 4 N–H and O–H groups in total. The first-order valence-corrected chi connectivity index (χ1v) is 11.7. The van der Waals surface area contributed by atoms with E-state index in [1.54, 1.807) is 12.1 Å². The highest BCUT2D eigenvalue weighted by Gasteiger charge is 2.24. The molecule has 0 radical (unpaired) electrons. The third-order valence-corrected chi connectivity index (χ3v) is 6.01. The maximum absolute atomic E-state index is 12.1. The van der Waals surface area contributed by atoms with Gasteiger partial charge < -0.3 is 10.4 Å². The summed E-state index contributed by atoms with van der Waals surface area (Å²) in [5.41, 5.74) is 1.48. The number of imide groups is 1. The van der Waals surface area contributed by atoms with Crippen molar-refractivity contribution < 1.29 is 27.9 Å². The third kappa shape index (κ3) is 8.36. The van der Waals surface area contributed by atoms with Crippen molar-refractivity contribution in [3.63, 3.8) is 0 Å². The predicted octanol–water partition coefficient (Wildman–Crippen LogP) is 2.24. The number of carboxylic acids is 1. The van der Waals surface area contributed by atoms with Crippen LogP contribution in [0.5, 0.6) is 0 Å². The van der Waals surface area contributed by atoms with Crippen LogP contribution in [0.3, 0.4) is 0 Å². The molecular weight excluding hydrogens is 448 g/mol. The first-order valence-electron chi connectivity index (χ1n) is 10.1. The number of amides is 3. The van der Waals surface area contributed by atoms with Crippen LogP contribution in [0.25, 0.3) is 0 Å². The monoisotopic (exact) mass is 472 g/mol. The number of urea groups is 1. The van der Waals surface area contributed by atoms with E-state index in [0.717, 1.165) is 0 Å². The van der Waals surface area contributed by atoms with Crippen LogP contribution in [-0.2, 0) is 21.2 Å². The lowest BCUT2D eigenvalue weighted by Gasteiger charge is -2.15. The number of nitrogens with one attached hydrogen (secondary N) is 3. The Balaban J connectivity index is 1.95. The zero-order valence-corrected chi connectivity index (χ0v) is 18.7. The third-order valence-electron chi connectivity index (χ3n) is 4.54. The molecule has 0 aliphatic rings. The Hall–Kier alpha value is -3.75. The molecule has 2 aromatic rings. The number of hydrogen-bond donors (Lipinski definition) is 4. The van der Waals surface area contributed by atoms with Gasteiger partial charge in [-0.2, -0.15) is 5.26 Å². The number of aliphatic carboxylic acids is 1. The Labute approximate surface area is 191 Å². The van der Waals surface area contributed by atoms with Crippen LogP contribution < -0.4 is 15.4 Å². The van der Waals surface area contributed by atoms with E-state index < -0.39 is 34.0 Å². The summed E-state index contributed by atoms with van der Waals surface area (Å²) in [5.74, 6) is -2.09. The number of unbranched alkanes of at least 4 members (excludes halogenated alkanes) is 1. The minimum atomic E-state index is -3.71. The van der Waals surface area contributed by atoms with Crippen LogP contribution in [-0.4, -0.2) is 43.2 Å². The van der Waals surface area contributed by atoms with Gasteiger partial charge in [0.15, 0.2) is 0 Å². The molecule has 0 fully saturated rings. The van der Waals surface area contributed by atoms with Crippen LogP contribution >= 0.6 is 0 Å². The summed E-state index contributed by atoms with van der Waals surface area (Å²) < 4.78 is 26.2. The highest BCUT2D eigenvalue weighted by Crippen LogP contribution is 2.12. The van der Waals surface area contributed by atoms with Crippen molar-refractivity contribution in [2.75, 3.05) is 11.1 Å². The van der Waals surface area contributed by atoms with Gasteiger partial charge in [-0.15, -0.1) is 0 Å². The van der Waals surface area contributed by atoms with Gasteiger partial charge >= 0.3 is 12.0 Å². The minimum absolute atomic E-state index is 0.0790. The molecule has 0 bridgehead atoms. The number of anilines is 1. The van der Waals surface area contributed by atoms with Gasteiger partial charge in [-0.05, 0) is 54.8 Å². The highest BCUT2D eigenvalue weighted by molar-refractivity contribution is 7.89. The molecule has 0 aliphatic heterocycles. The Morgan fingerprint density at radius 1 is 1.06 bits per heavy atom. The molecule has 2 rings (SSSR count). The molecule has 3 amide bonds. The van der Waals surface area contributed by atoms with Crippen molar-refractivity contribution in [3.05, 3.63) is 65.2 Å². The number of nitriles is 1. The zero-order chi connectivity index (χ0) is 24.4. The second kappa shape index (κ2) is 11.8. The molecule has 174 valence electrons. The van der Waals surface area contributed by atoms with E-state index >= 15 is 0 Å². The van der Waals surface area contributed by atoms with Gasteiger partial charge in [0.25, 0.3) is 5.91 Å². The van der Waals surface area contributed by atoms with E-state index in [0.29, 0.717) is 29.7 Å². The molecule has 10 nitrogen and oxygen atoms in total. The van der Waals surface area contributed by atoms with Crippen molar-refractivity contribution in [3.8, 4) is 6.07 Å². The largest absolute Gasteiger partial charge is 0.480 e. The molecule has 11 heteroatoms. The highest BCUT2D eigenvalue weighted by atomic mass is 32.2. The molecule has 0 aromatic heterocycles. The average molecular weight is 473 g/mol. The Bertz CT molecular complexity index is 1140. The number of carbonyl (C=O) groups excluding carboxylic acids is 2. The first-order chi connectivity index (χ1) is 15.6. The Kier molecular flexibility index (Phi) is 9.08. The number of sulfonamides is 1. The second-order valence-electron chi connectivity index (χ2n) is 7.18. The molecule has 0 saturated heterocycles. The fourth-order valence-corrected chi connectivity index (χ4v) is 4.19. The summed E-state index contributed by atoms with van der Waals surface area (Å²) >= 11 is 0. The summed E-state index contributed by atoms with van der Waals surface area (Å²) in [6.07, 6.45) is 1.02. The first kappa shape index (κ1) is 25.5. The normalized spacial score (nSPS) is 11.8. The Morgan fingerprint density at radius 3 is 2.24 bits per heavy atom. The van der Waals surface area contributed by atoms with Gasteiger partial charge in [0.05, 0.1) is 17.4 Å². The van der Waals surface area contributed by atoms with Crippen molar-refractivity contribution in [2.45, 2.75) is 32.2 Å². The van der Waals surface area contributed by atoms with Gasteiger partial charge in [0.1, 0.15) is 6.04 Å². The number of carboxylic acid groups (broad SMARTS) is 1. The topological polar surface area (TPSA) is 165 Å². The van der Waals surface area contributed by atoms with Gasteiger partial charge in [0.2, 0.25) is 10.0 Å². The average Bonchev–Trinajstić information content (AvgIpc) is 2.78. The molecule has 0 aliphatic carbocycles. The van der Waals surface area contributed by atoms with E-state index in [2.05, 4.69) is 15.4 Å². The fourth-order valence-electron chi connectivity index (χ4n) is 2.78. The summed E-state index contributed by atoms with van der Waals surface area (Å²) in [5, 5.41) is 22.8. The minimum Gasteiger partial charge on any atom is -0.480 e. The van der Waals surface area contributed by atoms with Crippen LogP contribution in [0, 0.1) is 11.3 Å². The number of benzene rings is 2. The van der Waals surface area contributed by atoms with Gasteiger partial charge in [-0.25, -0.2) is 17.9 Å². The molecule has 33 heavy (non-hydrogen) atoms. The summed E-state index contributed by atoms with van der Waals surface area (Å²) in [4.78, 5) is 35.6. The molecule has 0 heterocycles. The van der Waals surface area contributed by atoms with Crippen LogP contribution in [0.2, 0.25) is 0 Å². The molecule has 0 spiro atoms. The van der Waals surface area contributed by atoms with E-state index in [4.69, 9.17) is 5.26 Å². The molecule has 0 unspecified atom stereocenters. The molecule has 0 saturated carbocycles. The molecule has 1 atom stereocenters. The van der Waals surface area contributed by atoms with Crippen LogP contribution in [0.15, 0.2) is 48.5 Å². The quantitative estimate of drug-likeness (QED) is 0.411. The summed E-state index contributed by atoms with van der Waals surface area (Å²) in [6.45, 7) is 1.84. The SMILES string of the molecule is CCCCS(=O)(=O)N[C@@H](Cc1ccc(NC(=O)NC(=O)c2ccc(C#N)cc2)cc1)C(=O)O. The van der Waals surface area contributed by atoms with Crippen LogP contribution in [0.4, 0.5) is 10.5 Å². The van der Waals surface area contributed by atoms with Crippen LogP contribution in [0.1, 0.15) is 41.3 Å². The lowest BCUT2D eigenvalue weighted by Crippen LogP contribution is -2.43. The zero-order valence-electron chi connectivity index (χ0n) is 17.9. The van der Waals surface area contributed by atoms with Crippen molar-refractivity contribution in [2.24, 2.45) is 0 Å². The number of carbonyl (C=O) groups is 3. The maximum Gasteiger partial charge on any atom is 0.326 e. The van der Waals surface area contributed by atoms with Gasteiger partial charge in [-0.1, -0.05) is 25.5 Å². The summed E-state index contributed by atoms with van der Waals surface area (Å²) in [6, 6.07) is 11.7. The second-order valence-corrected chi connectivity index (χ2v) is 9.05. The number of rotatable bonds is 10. The van der Waals surface area contributed by atoms with Gasteiger partial charge in [-0.3, -0.25) is 14.9 Å². The predicted molar refractivity (Wildman–Crippen MR) is 121 cm³/mol. The van der Waals surface area contributed by atoms with E-state index in [9.17, 15) is 27.9 Å². The molecule has 2 aromatic carbocycles. The molecular formula is C22H24N4O6S. The fraction of sp³-hybridized carbons (Fsp3) is 0.273. The van der Waals surface area contributed by atoms with E-state index in [1.165, 1.54) is 36.4 Å². The van der Waals surface area contributed by atoms with Crippen molar-refractivity contribution in [1.82, 2.24) is 10.0 Å². The lowest BCUT2D eigenvalue weighted by atomic mass is 10.1. The maximum atomic E-state index is 12.1. The van der Waals surface area contributed by atoms with Crippen molar-refractivity contribution >= 4 is 33.6 Å². The smallest absolute Gasteiger partial charge is 0.326 e. The van der Waals surface area contributed by atoms with Gasteiger partial charge in [0, 0.05) is 11.3 Å². The summed E-state index contributed by atoms with van der Waals surface area (Å²) in [7, 11) is -3.71. The standard InChI is InChI=1S/C22H24N4O6S/c1-2-3-12-33(31,32)26-19(21(28)29)13-15-6-10-18(11-7-15)24-22(30)25-20(27)17-8-4-16(14-23)5-9-17/h4-11,19,26H,2-3,12-13H2,1H3,(H,28,29)(H2,24,25,27,30)/t19-/m0/s1. The number of hydrogen-bond acceptors (Lipinski definition) is 6. The lowest BCUT2D eigenvalue weighted by molar-refractivity contribution is -0.138. The van der Waals surface area contributed by atoms with E-state index in [1.807, 2.05) is 13.0 Å². The van der Waals surface area contributed by atoms with E-state index in [-0.39, 0.29) is 17.7 Å². The Morgan fingerprint density at radius 2 is 1.70 bits per heavy atom. The number of nitrogens with zero attached hydrogens (tertiary/aromatic N) is 1.